The van der Waals surface area contributed by atoms with Crippen molar-refractivity contribution in [2.24, 2.45) is 5.92 Å². The summed E-state index contributed by atoms with van der Waals surface area (Å²) in [5, 5.41) is 24.7. The van der Waals surface area contributed by atoms with Crippen LogP contribution in [0.25, 0.3) is 0 Å². The van der Waals surface area contributed by atoms with E-state index in [-0.39, 0.29) is 11.8 Å². The summed E-state index contributed by atoms with van der Waals surface area (Å²) in [6.45, 7) is 2.01. The van der Waals surface area contributed by atoms with Crippen LogP contribution in [0, 0.1) is 41.2 Å². The van der Waals surface area contributed by atoms with Crippen molar-refractivity contribution in [1.29, 1.82) is 10.7 Å². The summed E-state index contributed by atoms with van der Waals surface area (Å²) in [7, 11) is 0. The largest absolute Gasteiger partial charge is 0.422 e. The molecule has 0 bridgehead atoms. The highest BCUT2D eigenvalue weighted by molar-refractivity contribution is 7.98. The smallest absolute Gasteiger partial charge is 0.243 e. The molecule has 29 heavy (non-hydrogen) atoms. The Hall–Kier alpha value is -3.18. The molecule has 2 atom stereocenters. The zero-order valence-corrected chi connectivity index (χ0v) is 16.2. The molecule has 5 nitrogen and oxygen atoms in total. The first-order valence-corrected chi connectivity index (χ1v) is 9.84. The number of H-pyrrole nitrogens is 1. The van der Waals surface area contributed by atoms with Crippen LogP contribution >= 0.6 is 11.8 Å². The van der Waals surface area contributed by atoms with Crippen molar-refractivity contribution < 1.29 is 13.5 Å². The number of ether oxygens (including phenoxy) is 1. The number of nitriles is 1. The van der Waals surface area contributed by atoms with Crippen LogP contribution in [0.3, 0.4) is 0 Å². The molecule has 2 unspecified atom stereocenters. The van der Waals surface area contributed by atoms with E-state index in [0.717, 1.165) is 22.6 Å². The zero-order valence-electron chi connectivity index (χ0n) is 15.4. The number of fused-ring (bicyclic) bond motifs is 1. The van der Waals surface area contributed by atoms with Crippen LogP contribution in [0.15, 0.2) is 47.4 Å². The normalized spacial score (nSPS) is 18.1. The third kappa shape index (κ3) is 3.61. The number of aromatic nitrogens is 2. The van der Waals surface area contributed by atoms with Crippen molar-refractivity contribution >= 4 is 17.7 Å². The number of rotatable bonds is 4. The van der Waals surface area contributed by atoms with Gasteiger partial charge in [-0.3, -0.25) is 10.5 Å². The van der Waals surface area contributed by atoms with Crippen LogP contribution in [0.5, 0.6) is 5.88 Å². The zero-order chi connectivity index (χ0) is 20.5. The molecule has 3 aromatic rings. The molecule has 0 fully saturated rings. The number of nitrogens with one attached hydrogen (secondary N) is 2. The average molecular weight is 410 g/mol. The average Bonchev–Trinajstić information content (AvgIpc) is 3.11. The summed E-state index contributed by atoms with van der Waals surface area (Å²) in [6, 6.07) is 13.6. The fraction of sp³-hybridized carbons (Fsp3) is 0.190. The minimum Gasteiger partial charge on any atom is -0.422 e. The van der Waals surface area contributed by atoms with E-state index in [1.165, 1.54) is 6.07 Å². The maximum absolute atomic E-state index is 13.9. The Morgan fingerprint density at radius 1 is 1.21 bits per heavy atom. The summed E-state index contributed by atoms with van der Waals surface area (Å²) >= 11 is 1.57. The van der Waals surface area contributed by atoms with E-state index in [2.05, 4.69) is 16.3 Å². The predicted octanol–water partition coefficient (Wildman–Crippen LogP) is 4.93. The molecule has 2 N–H and O–H groups in total. The monoisotopic (exact) mass is 410 g/mol. The lowest BCUT2D eigenvalue weighted by Gasteiger charge is -2.28. The van der Waals surface area contributed by atoms with Gasteiger partial charge in [0.1, 0.15) is 5.92 Å². The van der Waals surface area contributed by atoms with E-state index in [0.29, 0.717) is 22.6 Å². The molecule has 2 heterocycles. The first-order chi connectivity index (χ1) is 14.0. The number of nitrogens with zero attached hydrogens (tertiary/aromatic N) is 2. The molecule has 8 heteroatoms. The van der Waals surface area contributed by atoms with Crippen molar-refractivity contribution in [1.82, 2.24) is 10.2 Å². The first kappa shape index (κ1) is 19.2. The maximum Gasteiger partial charge on any atom is 0.243 e. The highest BCUT2D eigenvalue weighted by Gasteiger charge is 2.40. The minimum absolute atomic E-state index is 0.190. The summed E-state index contributed by atoms with van der Waals surface area (Å²) in [6.07, 6.45) is 0. The fourth-order valence-corrected chi connectivity index (χ4v) is 4.21. The predicted molar refractivity (Wildman–Crippen MR) is 105 cm³/mol. The Balaban J connectivity index is 1.73. The molecular formula is C21H16F2N4OS. The fourth-order valence-electron chi connectivity index (χ4n) is 3.35. The third-order valence-corrected chi connectivity index (χ3v) is 5.87. The molecule has 0 amide bonds. The number of benzene rings is 2. The number of hydrogen-bond donors (Lipinski definition) is 2. The van der Waals surface area contributed by atoms with Gasteiger partial charge in [0, 0.05) is 22.1 Å². The lowest BCUT2D eigenvalue weighted by atomic mass is 9.79. The topological polar surface area (TPSA) is 85.5 Å². The molecule has 0 spiro atoms. The van der Waals surface area contributed by atoms with E-state index < -0.39 is 23.5 Å². The van der Waals surface area contributed by atoms with Crippen LogP contribution in [0.4, 0.5) is 8.78 Å². The molecule has 1 aliphatic rings. The van der Waals surface area contributed by atoms with Crippen LogP contribution in [-0.4, -0.2) is 16.1 Å². The minimum atomic E-state index is -1.00. The quantitative estimate of drug-likeness (QED) is 0.597. The molecule has 4 rings (SSSR count). The van der Waals surface area contributed by atoms with Gasteiger partial charge in [0.25, 0.3) is 0 Å². The van der Waals surface area contributed by atoms with Crippen LogP contribution in [0.2, 0.25) is 0 Å². The summed E-state index contributed by atoms with van der Waals surface area (Å²) in [5.74, 6) is -3.17. The maximum atomic E-state index is 13.9. The van der Waals surface area contributed by atoms with Crippen molar-refractivity contribution in [3.05, 3.63) is 76.5 Å². The SMILES string of the molecule is Cc1ccc(SCc2[nH]nc3c2C(c2ccc(F)c(F)c2)C(C#N)C(=N)O3)cc1. The van der Waals surface area contributed by atoms with Gasteiger partial charge < -0.3 is 4.74 Å². The number of thioether (sulfide) groups is 1. The second-order valence-electron chi connectivity index (χ2n) is 6.75. The Kier molecular flexibility index (Phi) is 5.07. The molecule has 0 saturated carbocycles. The van der Waals surface area contributed by atoms with Crippen molar-refractivity contribution in [2.45, 2.75) is 23.5 Å². The Morgan fingerprint density at radius 2 is 1.97 bits per heavy atom. The van der Waals surface area contributed by atoms with Gasteiger partial charge in [-0.15, -0.1) is 16.9 Å². The van der Waals surface area contributed by atoms with Gasteiger partial charge in [-0.05, 0) is 36.8 Å². The van der Waals surface area contributed by atoms with Gasteiger partial charge in [-0.25, -0.2) is 8.78 Å². The highest BCUT2D eigenvalue weighted by Crippen LogP contribution is 2.44. The summed E-state index contributed by atoms with van der Waals surface area (Å²) in [4.78, 5) is 1.06. The number of aromatic amines is 1. The molecule has 146 valence electrons. The summed E-state index contributed by atoms with van der Waals surface area (Å²) < 4.78 is 32.8. The second-order valence-corrected chi connectivity index (χ2v) is 7.80. The standard InChI is InChI=1S/C21H16F2N4OS/c1-11-2-5-13(6-3-11)29-10-17-19-18(12-4-7-15(22)16(23)8-12)14(9-24)20(25)28-21(19)27-26-17/h2-8,14,18,25H,10H2,1H3,(H,26,27). The van der Waals surface area contributed by atoms with Crippen molar-refractivity contribution in [3.8, 4) is 11.9 Å². The molecule has 1 aromatic heterocycles. The van der Waals surface area contributed by atoms with Gasteiger partial charge in [-0.2, -0.15) is 5.26 Å². The Morgan fingerprint density at radius 3 is 2.66 bits per heavy atom. The van der Waals surface area contributed by atoms with Crippen LogP contribution in [-0.2, 0) is 5.75 Å². The van der Waals surface area contributed by atoms with Gasteiger partial charge in [0.2, 0.25) is 11.8 Å². The molecule has 0 saturated heterocycles. The van der Waals surface area contributed by atoms with Gasteiger partial charge in [0.05, 0.1) is 11.8 Å². The molecular weight excluding hydrogens is 394 g/mol. The van der Waals surface area contributed by atoms with Gasteiger partial charge in [-0.1, -0.05) is 23.8 Å². The van der Waals surface area contributed by atoms with E-state index in [1.807, 2.05) is 31.2 Å². The highest BCUT2D eigenvalue weighted by atomic mass is 32.2. The lowest BCUT2D eigenvalue weighted by Crippen LogP contribution is -2.31. The third-order valence-electron chi connectivity index (χ3n) is 4.83. The Labute approximate surface area is 170 Å². The molecule has 0 radical (unpaired) electrons. The first-order valence-electron chi connectivity index (χ1n) is 8.85. The number of aryl methyl sites for hydroxylation is 1. The van der Waals surface area contributed by atoms with E-state index in [9.17, 15) is 14.0 Å². The van der Waals surface area contributed by atoms with E-state index >= 15 is 0 Å². The lowest BCUT2D eigenvalue weighted by molar-refractivity contribution is 0.434. The van der Waals surface area contributed by atoms with E-state index in [1.54, 1.807) is 11.8 Å². The Bertz CT molecular complexity index is 1120. The van der Waals surface area contributed by atoms with E-state index in [4.69, 9.17) is 10.1 Å². The van der Waals surface area contributed by atoms with Gasteiger partial charge in [0.15, 0.2) is 11.6 Å². The molecule has 1 aliphatic heterocycles. The number of hydrogen-bond acceptors (Lipinski definition) is 5. The molecule has 0 aliphatic carbocycles. The molecule has 2 aromatic carbocycles. The van der Waals surface area contributed by atoms with Gasteiger partial charge >= 0.3 is 0 Å². The van der Waals surface area contributed by atoms with Crippen LogP contribution < -0.4 is 4.74 Å². The van der Waals surface area contributed by atoms with Crippen molar-refractivity contribution in [2.75, 3.05) is 0 Å². The van der Waals surface area contributed by atoms with Crippen LogP contribution in [0.1, 0.15) is 28.3 Å². The number of halogens is 2. The summed E-state index contributed by atoms with van der Waals surface area (Å²) in [5.41, 5.74) is 2.87. The second kappa shape index (κ2) is 7.68. The van der Waals surface area contributed by atoms with Crippen molar-refractivity contribution in [3.63, 3.8) is 0 Å².